The highest BCUT2D eigenvalue weighted by atomic mass is 16.1. The van der Waals surface area contributed by atoms with E-state index < -0.39 is 0 Å². The molecule has 154 valence electrons. The molecule has 2 heterocycles. The van der Waals surface area contributed by atoms with Gasteiger partial charge in [0.05, 0.1) is 5.69 Å². The molecule has 4 rings (SSSR count). The summed E-state index contributed by atoms with van der Waals surface area (Å²) >= 11 is 0. The SMILES string of the molecule is CC1(C)CCC(C)(C)c2cc(-c3cccc(N4CCCCC4C(N)=O)n3)ccc21. The van der Waals surface area contributed by atoms with Crippen molar-refractivity contribution in [1.82, 2.24) is 4.98 Å². The zero-order chi connectivity index (χ0) is 20.8. The maximum Gasteiger partial charge on any atom is 0.240 e. The molecule has 1 amide bonds. The highest BCUT2D eigenvalue weighted by molar-refractivity contribution is 5.83. The van der Waals surface area contributed by atoms with Crippen molar-refractivity contribution in [2.45, 2.75) is 76.7 Å². The Morgan fingerprint density at radius 1 is 1.03 bits per heavy atom. The molecule has 0 bridgehead atoms. The number of benzene rings is 1. The first-order valence-electron chi connectivity index (χ1n) is 10.9. The summed E-state index contributed by atoms with van der Waals surface area (Å²) in [6, 6.07) is 12.7. The van der Waals surface area contributed by atoms with E-state index in [0.29, 0.717) is 0 Å². The van der Waals surface area contributed by atoms with Crippen molar-refractivity contribution < 1.29 is 4.79 Å². The fourth-order valence-corrected chi connectivity index (χ4v) is 4.99. The molecule has 1 fully saturated rings. The van der Waals surface area contributed by atoms with Crippen molar-refractivity contribution in [2.75, 3.05) is 11.4 Å². The number of hydrogen-bond acceptors (Lipinski definition) is 3. The van der Waals surface area contributed by atoms with Gasteiger partial charge in [-0.2, -0.15) is 0 Å². The number of anilines is 1. The standard InChI is InChI=1S/C25H33N3O/c1-24(2)13-14-25(3,4)19-16-17(11-12-18(19)24)20-8-7-10-22(27-20)28-15-6-5-9-21(28)23(26)29/h7-8,10-12,16,21H,5-6,9,13-15H2,1-4H3,(H2,26,29). The quantitative estimate of drug-likeness (QED) is 0.806. The summed E-state index contributed by atoms with van der Waals surface area (Å²) in [4.78, 5) is 19.0. The summed E-state index contributed by atoms with van der Waals surface area (Å²) < 4.78 is 0. The molecule has 1 aromatic carbocycles. The Morgan fingerprint density at radius 3 is 2.48 bits per heavy atom. The van der Waals surface area contributed by atoms with Crippen molar-refractivity contribution in [2.24, 2.45) is 5.73 Å². The van der Waals surface area contributed by atoms with Crippen molar-refractivity contribution in [3.63, 3.8) is 0 Å². The third-order valence-electron chi connectivity index (χ3n) is 7.01. The number of rotatable bonds is 3. The molecule has 2 aromatic rings. The smallest absolute Gasteiger partial charge is 0.240 e. The molecule has 29 heavy (non-hydrogen) atoms. The second-order valence-corrected chi connectivity index (χ2v) is 10.0. The van der Waals surface area contributed by atoms with Crippen LogP contribution in [0.15, 0.2) is 36.4 Å². The Labute approximate surface area is 174 Å². The van der Waals surface area contributed by atoms with Crippen molar-refractivity contribution in [1.29, 1.82) is 0 Å². The summed E-state index contributed by atoms with van der Waals surface area (Å²) in [5, 5.41) is 0. The summed E-state index contributed by atoms with van der Waals surface area (Å²) in [5.41, 5.74) is 11.0. The maximum absolute atomic E-state index is 11.9. The van der Waals surface area contributed by atoms with Gasteiger partial charge >= 0.3 is 0 Å². The number of carbonyl (C=O) groups excluding carboxylic acids is 1. The van der Waals surface area contributed by atoms with Crippen LogP contribution >= 0.6 is 0 Å². The van der Waals surface area contributed by atoms with Crippen LogP contribution in [0.5, 0.6) is 0 Å². The fraction of sp³-hybridized carbons (Fsp3) is 0.520. The van der Waals surface area contributed by atoms with Gasteiger partial charge in [-0.1, -0.05) is 45.9 Å². The Bertz CT molecular complexity index is 931. The number of primary amides is 1. The van der Waals surface area contributed by atoms with Gasteiger partial charge in [-0.3, -0.25) is 4.79 Å². The number of fused-ring (bicyclic) bond motifs is 1. The van der Waals surface area contributed by atoms with E-state index in [1.54, 1.807) is 0 Å². The van der Waals surface area contributed by atoms with Crippen LogP contribution in [0.4, 0.5) is 5.82 Å². The molecule has 4 heteroatoms. The molecule has 1 aliphatic heterocycles. The Hall–Kier alpha value is -2.36. The molecule has 2 aliphatic rings. The monoisotopic (exact) mass is 391 g/mol. The molecule has 0 radical (unpaired) electrons. The van der Waals surface area contributed by atoms with Gasteiger partial charge in [0.2, 0.25) is 5.91 Å². The Morgan fingerprint density at radius 2 is 1.76 bits per heavy atom. The van der Waals surface area contributed by atoms with Gasteiger partial charge in [0.15, 0.2) is 0 Å². The van der Waals surface area contributed by atoms with Gasteiger partial charge in [-0.15, -0.1) is 0 Å². The minimum absolute atomic E-state index is 0.169. The number of aromatic nitrogens is 1. The number of pyridine rings is 1. The highest BCUT2D eigenvalue weighted by Gasteiger charge is 2.37. The second kappa shape index (κ2) is 7.16. The van der Waals surface area contributed by atoms with E-state index in [1.807, 2.05) is 12.1 Å². The molecule has 0 saturated carbocycles. The van der Waals surface area contributed by atoms with E-state index >= 15 is 0 Å². The van der Waals surface area contributed by atoms with Crippen LogP contribution in [0.2, 0.25) is 0 Å². The first-order valence-corrected chi connectivity index (χ1v) is 10.9. The van der Waals surface area contributed by atoms with Crippen LogP contribution in [-0.2, 0) is 15.6 Å². The van der Waals surface area contributed by atoms with Gasteiger partial charge < -0.3 is 10.6 Å². The number of nitrogens with zero attached hydrogens (tertiary/aromatic N) is 2. The van der Waals surface area contributed by atoms with E-state index in [2.05, 4.69) is 56.9 Å². The maximum atomic E-state index is 11.9. The van der Waals surface area contributed by atoms with Crippen LogP contribution in [0, 0.1) is 0 Å². The number of nitrogens with two attached hydrogens (primary N) is 1. The van der Waals surface area contributed by atoms with Crippen molar-refractivity contribution in [3.05, 3.63) is 47.5 Å². The molecule has 1 unspecified atom stereocenters. The minimum Gasteiger partial charge on any atom is -0.368 e. The van der Waals surface area contributed by atoms with Gasteiger partial charge in [-0.05, 0) is 72.3 Å². The van der Waals surface area contributed by atoms with Crippen LogP contribution < -0.4 is 10.6 Å². The Kier molecular flexibility index (Phi) is 4.92. The molecular formula is C25H33N3O. The van der Waals surface area contributed by atoms with Crippen LogP contribution in [0.1, 0.15) is 70.9 Å². The van der Waals surface area contributed by atoms with Gasteiger partial charge in [0.25, 0.3) is 0 Å². The molecule has 2 N–H and O–H groups in total. The molecule has 0 spiro atoms. The minimum atomic E-state index is -0.255. The molecule has 1 saturated heterocycles. The number of piperidine rings is 1. The zero-order valence-electron chi connectivity index (χ0n) is 18.2. The largest absolute Gasteiger partial charge is 0.368 e. The average Bonchev–Trinajstić information content (AvgIpc) is 2.71. The molecule has 1 aromatic heterocycles. The third-order valence-corrected chi connectivity index (χ3v) is 7.01. The predicted molar refractivity (Wildman–Crippen MR) is 119 cm³/mol. The lowest BCUT2D eigenvalue weighted by Crippen LogP contribution is -2.48. The number of hydrogen-bond donors (Lipinski definition) is 1. The Balaban J connectivity index is 1.73. The molecular weight excluding hydrogens is 358 g/mol. The summed E-state index contributed by atoms with van der Waals surface area (Å²) in [7, 11) is 0. The van der Waals surface area contributed by atoms with Gasteiger partial charge in [0.1, 0.15) is 11.9 Å². The van der Waals surface area contributed by atoms with Crippen LogP contribution in [-0.4, -0.2) is 23.5 Å². The average molecular weight is 392 g/mol. The first-order chi connectivity index (χ1) is 13.7. The highest BCUT2D eigenvalue weighted by Crippen LogP contribution is 2.46. The zero-order valence-corrected chi connectivity index (χ0v) is 18.2. The normalized spacial score (nSPS) is 22.8. The topological polar surface area (TPSA) is 59.2 Å². The number of amides is 1. The van der Waals surface area contributed by atoms with E-state index in [4.69, 9.17) is 10.7 Å². The lowest BCUT2D eigenvalue weighted by atomic mass is 9.63. The summed E-state index contributed by atoms with van der Waals surface area (Å²) in [5.74, 6) is 0.595. The first kappa shape index (κ1) is 19.9. The van der Waals surface area contributed by atoms with Crippen molar-refractivity contribution >= 4 is 11.7 Å². The molecule has 4 nitrogen and oxygen atoms in total. The molecule has 1 atom stereocenters. The van der Waals surface area contributed by atoms with Crippen LogP contribution in [0.25, 0.3) is 11.3 Å². The third kappa shape index (κ3) is 3.65. The van der Waals surface area contributed by atoms with Gasteiger partial charge in [0, 0.05) is 12.1 Å². The predicted octanol–water partition coefficient (Wildman–Crippen LogP) is 4.94. The fourth-order valence-electron chi connectivity index (χ4n) is 4.99. The molecule has 1 aliphatic carbocycles. The van der Waals surface area contributed by atoms with E-state index in [0.717, 1.165) is 42.9 Å². The van der Waals surface area contributed by atoms with Crippen molar-refractivity contribution in [3.8, 4) is 11.3 Å². The van der Waals surface area contributed by atoms with E-state index in [1.165, 1.54) is 24.0 Å². The number of carbonyl (C=O) groups is 1. The summed E-state index contributed by atoms with van der Waals surface area (Å²) in [6.45, 7) is 10.2. The second-order valence-electron chi connectivity index (χ2n) is 10.0. The van der Waals surface area contributed by atoms with E-state index in [-0.39, 0.29) is 22.8 Å². The lowest BCUT2D eigenvalue weighted by molar-refractivity contribution is -0.119. The van der Waals surface area contributed by atoms with Crippen LogP contribution in [0.3, 0.4) is 0 Å². The van der Waals surface area contributed by atoms with E-state index in [9.17, 15) is 4.79 Å². The van der Waals surface area contributed by atoms with Gasteiger partial charge in [-0.25, -0.2) is 4.98 Å². The lowest BCUT2D eigenvalue weighted by Gasteiger charge is -2.42. The summed E-state index contributed by atoms with van der Waals surface area (Å²) in [6.07, 6.45) is 5.32.